The normalized spacial score (nSPS) is 34.0. The highest BCUT2D eigenvalue weighted by molar-refractivity contribution is 5.83. The maximum atomic E-state index is 13.1. The highest BCUT2D eigenvalue weighted by Crippen LogP contribution is 2.44. The second kappa shape index (κ2) is 7.05. The molecule has 4 heteroatoms. The summed E-state index contributed by atoms with van der Waals surface area (Å²) in [4.78, 5) is 29.9. The van der Waals surface area contributed by atoms with Gasteiger partial charge in [0.1, 0.15) is 0 Å². The number of likely N-dealkylation sites (tertiary alicyclic amines) is 2. The average molecular weight is 354 g/mol. The lowest BCUT2D eigenvalue weighted by molar-refractivity contribution is -0.137. The number of hydrogen-bond donors (Lipinski definition) is 0. The predicted molar refractivity (Wildman–Crippen MR) is 102 cm³/mol. The fourth-order valence-electron chi connectivity index (χ4n) is 5.12. The molecule has 140 valence electrons. The average Bonchev–Trinajstić information content (AvgIpc) is 3.23. The summed E-state index contributed by atoms with van der Waals surface area (Å²) in [7, 11) is 0. The molecule has 1 saturated carbocycles. The van der Waals surface area contributed by atoms with Crippen molar-refractivity contribution < 1.29 is 9.59 Å². The molecule has 0 unspecified atom stereocenters. The Balaban J connectivity index is 1.70. The Bertz CT molecular complexity index is 674. The number of benzene rings is 1. The molecule has 0 spiro atoms. The van der Waals surface area contributed by atoms with E-state index in [2.05, 4.69) is 41.0 Å². The van der Waals surface area contributed by atoms with Crippen LogP contribution in [0.5, 0.6) is 0 Å². The van der Waals surface area contributed by atoms with Gasteiger partial charge < -0.3 is 9.80 Å². The molecular formula is C22H30N2O2. The van der Waals surface area contributed by atoms with Gasteiger partial charge in [-0.15, -0.1) is 0 Å². The van der Waals surface area contributed by atoms with Gasteiger partial charge in [-0.1, -0.05) is 50.1 Å². The molecule has 1 aliphatic carbocycles. The fraction of sp³-hybridized carbons (Fsp3) is 0.636. The van der Waals surface area contributed by atoms with Crippen LogP contribution < -0.4 is 0 Å². The van der Waals surface area contributed by atoms with Gasteiger partial charge in [-0.2, -0.15) is 0 Å². The van der Waals surface area contributed by atoms with Gasteiger partial charge in [-0.05, 0) is 30.7 Å². The van der Waals surface area contributed by atoms with E-state index in [0.29, 0.717) is 11.8 Å². The molecule has 3 fully saturated rings. The van der Waals surface area contributed by atoms with Crippen molar-refractivity contribution in [2.24, 2.45) is 11.8 Å². The summed E-state index contributed by atoms with van der Waals surface area (Å²) in [5.74, 6) is 1.43. The number of hydrogen-bond acceptors (Lipinski definition) is 2. The van der Waals surface area contributed by atoms with E-state index in [-0.39, 0.29) is 29.8 Å². The second-order valence-corrected chi connectivity index (χ2v) is 8.45. The minimum atomic E-state index is 0.119. The van der Waals surface area contributed by atoms with E-state index in [1.807, 2.05) is 6.07 Å². The topological polar surface area (TPSA) is 40.6 Å². The molecule has 5 atom stereocenters. The standard InChI is InChI=1S/C22H30N2O2/c1-15-13-18(15)22(26)24-14-19(17-9-5-3-6-10-17)21-20(24)11-7-4-8-12-23(21)16(2)25/h3,5-6,9-10,15,18-21H,4,7-8,11-14H2,1-2H3/t15-,18+,19+,20-,21+/m1/s1. The lowest BCUT2D eigenvalue weighted by atomic mass is 9.87. The predicted octanol–water partition coefficient (Wildman–Crippen LogP) is 3.43. The van der Waals surface area contributed by atoms with E-state index in [9.17, 15) is 9.59 Å². The van der Waals surface area contributed by atoms with Crippen LogP contribution in [0.3, 0.4) is 0 Å². The summed E-state index contributed by atoms with van der Waals surface area (Å²) >= 11 is 0. The van der Waals surface area contributed by atoms with Crippen molar-refractivity contribution in [3.63, 3.8) is 0 Å². The van der Waals surface area contributed by atoms with Crippen molar-refractivity contribution in [1.82, 2.24) is 9.80 Å². The number of carbonyl (C=O) groups is 2. The highest BCUT2D eigenvalue weighted by Gasteiger charge is 2.51. The Morgan fingerprint density at radius 3 is 2.42 bits per heavy atom. The van der Waals surface area contributed by atoms with Gasteiger partial charge in [0.2, 0.25) is 11.8 Å². The van der Waals surface area contributed by atoms with Gasteiger partial charge in [0.05, 0.1) is 12.1 Å². The third kappa shape index (κ3) is 3.15. The zero-order valence-electron chi connectivity index (χ0n) is 15.9. The van der Waals surface area contributed by atoms with Crippen LogP contribution in [0, 0.1) is 11.8 Å². The Morgan fingerprint density at radius 1 is 1.04 bits per heavy atom. The highest BCUT2D eigenvalue weighted by atomic mass is 16.2. The first-order chi connectivity index (χ1) is 12.6. The molecule has 2 amide bonds. The van der Waals surface area contributed by atoms with E-state index in [4.69, 9.17) is 0 Å². The van der Waals surface area contributed by atoms with Gasteiger partial charge in [0.25, 0.3) is 0 Å². The number of carbonyl (C=O) groups excluding carboxylic acids is 2. The van der Waals surface area contributed by atoms with Crippen molar-refractivity contribution in [1.29, 1.82) is 0 Å². The van der Waals surface area contributed by atoms with Crippen molar-refractivity contribution in [3.05, 3.63) is 35.9 Å². The van der Waals surface area contributed by atoms with Crippen molar-refractivity contribution in [2.75, 3.05) is 13.1 Å². The largest absolute Gasteiger partial charge is 0.337 e. The molecule has 0 N–H and O–H groups in total. The summed E-state index contributed by atoms with van der Waals surface area (Å²) in [6, 6.07) is 10.8. The molecule has 1 aromatic carbocycles. The lowest BCUT2D eigenvalue weighted by Gasteiger charge is -2.38. The van der Waals surface area contributed by atoms with E-state index >= 15 is 0 Å². The summed E-state index contributed by atoms with van der Waals surface area (Å²) in [5, 5.41) is 0. The van der Waals surface area contributed by atoms with Gasteiger partial charge in [0.15, 0.2) is 0 Å². The molecule has 26 heavy (non-hydrogen) atoms. The molecule has 4 nitrogen and oxygen atoms in total. The van der Waals surface area contributed by atoms with Crippen molar-refractivity contribution in [3.8, 4) is 0 Å². The third-order valence-electron chi connectivity index (χ3n) is 6.70. The van der Waals surface area contributed by atoms with Gasteiger partial charge in [-0.3, -0.25) is 9.59 Å². The summed E-state index contributed by atoms with van der Waals surface area (Å²) in [5.41, 5.74) is 1.26. The van der Waals surface area contributed by atoms with Crippen LogP contribution in [-0.2, 0) is 9.59 Å². The SMILES string of the molecule is CC(=O)N1CCCCC[C@@H]2[C@@H]1[C@H](c1ccccc1)CN2C(=O)[C@H]1C[C@H]1C. The lowest BCUT2D eigenvalue weighted by Crippen LogP contribution is -2.51. The Kier molecular flexibility index (Phi) is 4.76. The van der Waals surface area contributed by atoms with Crippen LogP contribution in [0.2, 0.25) is 0 Å². The summed E-state index contributed by atoms with van der Waals surface area (Å²) in [6.45, 7) is 5.44. The number of fused-ring (bicyclic) bond motifs is 1. The first-order valence-corrected chi connectivity index (χ1v) is 10.2. The first-order valence-electron chi connectivity index (χ1n) is 10.2. The second-order valence-electron chi connectivity index (χ2n) is 8.45. The maximum Gasteiger partial charge on any atom is 0.226 e. The molecule has 2 aliphatic heterocycles. The van der Waals surface area contributed by atoms with Crippen LogP contribution in [0.4, 0.5) is 0 Å². The van der Waals surface area contributed by atoms with Gasteiger partial charge in [0, 0.05) is 31.8 Å². The van der Waals surface area contributed by atoms with Crippen LogP contribution in [-0.4, -0.2) is 46.8 Å². The molecule has 4 rings (SSSR count). The number of nitrogens with zero attached hydrogens (tertiary/aromatic N) is 2. The third-order valence-corrected chi connectivity index (χ3v) is 6.70. The Hall–Kier alpha value is -1.84. The minimum absolute atomic E-state index is 0.119. The van der Waals surface area contributed by atoms with E-state index in [0.717, 1.165) is 45.2 Å². The quantitative estimate of drug-likeness (QED) is 0.816. The molecule has 2 saturated heterocycles. The molecule has 0 radical (unpaired) electrons. The van der Waals surface area contributed by atoms with Crippen LogP contribution >= 0.6 is 0 Å². The van der Waals surface area contributed by atoms with E-state index in [1.54, 1.807) is 6.92 Å². The zero-order valence-corrected chi connectivity index (χ0v) is 15.9. The van der Waals surface area contributed by atoms with Crippen LogP contribution in [0.15, 0.2) is 30.3 Å². The molecule has 0 bridgehead atoms. The number of amides is 2. The Morgan fingerprint density at radius 2 is 1.77 bits per heavy atom. The minimum Gasteiger partial charge on any atom is -0.337 e. The molecule has 2 heterocycles. The molecule has 1 aromatic rings. The van der Waals surface area contributed by atoms with Crippen LogP contribution in [0.1, 0.15) is 57.4 Å². The first kappa shape index (κ1) is 17.6. The molecule has 3 aliphatic rings. The summed E-state index contributed by atoms with van der Waals surface area (Å²) < 4.78 is 0. The van der Waals surface area contributed by atoms with E-state index < -0.39 is 0 Å². The molecule has 0 aromatic heterocycles. The monoisotopic (exact) mass is 354 g/mol. The van der Waals surface area contributed by atoms with E-state index in [1.165, 1.54) is 5.56 Å². The molecular weight excluding hydrogens is 324 g/mol. The maximum absolute atomic E-state index is 13.1. The van der Waals surface area contributed by atoms with Gasteiger partial charge in [-0.25, -0.2) is 0 Å². The fourth-order valence-corrected chi connectivity index (χ4v) is 5.12. The van der Waals surface area contributed by atoms with Crippen molar-refractivity contribution in [2.45, 2.75) is 64.0 Å². The van der Waals surface area contributed by atoms with Gasteiger partial charge >= 0.3 is 0 Å². The number of rotatable bonds is 2. The Labute approximate surface area is 156 Å². The smallest absolute Gasteiger partial charge is 0.226 e. The zero-order chi connectivity index (χ0) is 18.3. The van der Waals surface area contributed by atoms with Crippen LogP contribution in [0.25, 0.3) is 0 Å². The summed E-state index contributed by atoms with van der Waals surface area (Å²) in [6.07, 6.45) is 5.41. The van der Waals surface area contributed by atoms with Crippen molar-refractivity contribution >= 4 is 11.8 Å².